The number of ether oxygens (including phenoxy) is 3. The number of benzene rings is 1. The van der Waals surface area contributed by atoms with Crippen LogP contribution in [0, 0.1) is 5.92 Å². The van der Waals surface area contributed by atoms with Crippen LogP contribution in [-0.4, -0.2) is 40.3 Å². The molecule has 0 saturated carbocycles. The van der Waals surface area contributed by atoms with Crippen LogP contribution in [0.3, 0.4) is 0 Å². The quantitative estimate of drug-likeness (QED) is 0.817. The van der Waals surface area contributed by atoms with Crippen molar-refractivity contribution in [3.05, 3.63) is 17.7 Å². The zero-order valence-electron chi connectivity index (χ0n) is 12.7. The molecule has 1 aromatic rings. The second-order valence-corrected chi connectivity index (χ2v) is 4.90. The lowest BCUT2D eigenvalue weighted by atomic mass is 10.1. The first-order valence-electron chi connectivity index (χ1n) is 6.97. The molecule has 1 atom stereocenters. The van der Waals surface area contributed by atoms with Crippen molar-refractivity contribution in [1.82, 2.24) is 10.6 Å². The van der Waals surface area contributed by atoms with Crippen LogP contribution in [-0.2, 0) is 11.3 Å². The largest absolute Gasteiger partial charge is 0.493 e. The Morgan fingerprint density at radius 1 is 1.24 bits per heavy atom. The van der Waals surface area contributed by atoms with Gasteiger partial charge in [-0.25, -0.2) is 0 Å². The van der Waals surface area contributed by atoms with Crippen LogP contribution in [0.15, 0.2) is 12.1 Å². The maximum Gasteiger partial charge on any atom is 0.224 e. The normalized spacial score (nSPS) is 17.4. The molecule has 0 radical (unpaired) electrons. The van der Waals surface area contributed by atoms with Crippen molar-refractivity contribution in [3.63, 3.8) is 0 Å². The molecule has 21 heavy (non-hydrogen) atoms. The zero-order chi connectivity index (χ0) is 15.2. The average molecular weight is 294 g/mol. The first-order chi connectivity index (χ1) is 10.2. The van der Waals surface area contributed by atoms with E-state index in [1.165, 1.54) is 0 Å². The Labute approximate surface area is 124 Å². The van der Waals surface area contributed by atoms with Gasteiger partial charge in [-0.15, -0.1) is 0 Å². The molecule has 1 aromatic carbocycles. The highest BCUT2D eigenvalue weighted by Gasteiger charge is 2.23. The van der Waals surface area contributed by atoms with Crippen LogP contribution < -0.4 is 24.8 Å². The molecule has 1 saturated heterocycles. The summed E-state index contributed by atoms with van der Waals surface area (Å²) in [5.41, 5.74) is 0.856. The lowest BCUT2D eigenvalue weighted by molar-refractivity contribution is -0.124. The number of nitrogens with one attached hydrogen (secondary N) is 2. The standard InChI is InChI=1S/C15H22N2O4/c1-19-12-5-4-10(13(20-2)14(12)21-3)9-17-15(18)11-6-7-16-8-11/h4-5,11,16H,6-9H2,1-3H3,(H,17,18). The first-order valence-corrected chi connectivity index (χ1v) is 6.97. The maximum absolute atomic E-state index is 12.0. The fourth-order valence-electron chi connectivity index (χ4n) is 2.51. The Balaban J connectivity index is 2.10. The van der Waals surface area contributed by atoms with E-state index >= 15 is 0 Å². The highest BCUT2D eigenvalue weighted by molar-refractivity contribution is 5.79. The van der Waals surface area contributed by atoms with Crippen LogP contribution in [0.2, 0.25) is 0 Å². The van der Waals surface area contributed by atoms with Crippen LogP contribution >= 0.6 is 0 Å². The molecule has 1 fully saturated rings. The van der Waals surface area contributed by atoms with Crippen molar-refractivity contribution in [3.8, 4) is 17.2 Å². The van der Waals surface area contributed by atoms with Gasteiger partial charge in [0.15, 0.2) is 11.5 Å². The van der Waals surface area contributed by atoms with Gasteiger partial charge in [0.25, 0.3) is 0 Å². The summed E-state index contributed by atoms with van der Waals surface area (Å²) < 4.78 is 16.0. The summed E-state index contributed by atoms with van der Waals surface area (Å²) in [4.78, 5) is 12.0. The van der Waals surface area contributed by atoms with Crippen molar-refractivity contribution in [1.29, 1.82) is 0 Å². The van der Waals surface area contributed by atoms with Crippen molar-refractivity contribution in [2.75, 3.05) is 34.4 Å². The predicted octanol–water partition coefficient (Wildman–Crippen LogP) is 0.938. The van der Waals surface area contributed by atoms with Crippen molar-refractivity contribution >= 4 is 5.91 Å². The second kappa shape index (κ2) is 7.17. The van der Waals surface area contributed by atoms with E-state index in [0.717, 1.165) is 25.1 Å². The first kappa shape index (κ1) is 15.4. The summed E-state index contributed by atoms with van der Waals surface area (Å²) in [6.07, 6.45) is 0.884. The van der Waals surface area contributed by atoms with Gasteiger partial charge in [-0.1, -0.05) is 0 Å². The molecule has 0 bridgehead atoms. The molecule has 2 N–H and O–H groups in total. The molecule has 1 unspecified atom stereocenters. The van der Waals surface area contributed by atoms with Crippen LogP contribution in [0.25, 0.3) is 0 Å². The van der Waals surface area contributed by atoms with E-state index in [1.54, 1.807) is 27.4 Å². The average Bonchev–Trinajstić information content (AvgIpc) is 3.05. The summed E-state index contributed by atoms with van der Waals surface area (Å²) in [5, 5.41) is 6.13. The van der Waals surface area contributed by atoms with Crippen molar-refractivity contribution < 1.29 is 19.0 Å². The smallest absolute Gasteiger partial charge is 0.224 e. The summed E-state index contributed by atoms with van der Waals surface area (Å²) in [6, 6.07) is 3.67. The SMILES string of the molecule is COc1ccc(CNC(=O)C2CCNC2)c(OC)c1OC. The minimum atomic E-state index is 0.0520. The summed E-state index contributed by atoms with van der Waals surface area (Å²) in [7, 11) is 4.71. The van der Waals surface area contributed by atoms with Crippen molar-refractivity contribution in [2.24, 2.45) is 5.92 Å². The fourth-order valence-corrected chi connectivity index (χ4v) is 2.51. The molecule has 0 spiro atoms. The third-order valence-electron chi connectivity index (χ3n) is 3.67. The summed E-state index contributed by atoms with van der Waals surface area (Å²) in [5.74, 6) is 1.84. The van der Waals surface area contributed by atoms with E-state index in [-0.39, 0.29) is 11.8 Å². The van der Waals surface area contributed by atoms with Gasteiger partial charge in [0.2, 0.25) is 11.7 Å². The van der Waals surface area contributed by atoms with Crippen LogP contribution in [0.1, 0.15) is 12.0 Å². The highest BCUT2D eigenvalue weighted by Crippen LogP contribution is 2.39. The van der Waals surface area contributed by atoms with Crippen molar-refractivity contribution in [2.45, 2.75) is 13.0 Å². The molecule has 116 valence electrons. The highest BCUT2D eigenvalue weighted by atomic mass is 16.5. The zero-order valence-corrected chi connectivity index (χ0v) is 12.7. The molecule has 1 aliphatic rings. The number of carbonyl (C=O) groups is 1. The van der Waals surface area contributed by atoms with Gasteiger partial charge in [0, 0.05) is 18.7 Å². The van der Waals surface area contributed by atoms with Gasteiger partial charge in [0.05, 0.1) is 27.2 Å². The van der Waals surface area contributed by atoms with E-state index < -0.39 is 0 Å². The number of hydrogen-bond acceptors (Lipinski definition) is 5. The Kier molecular flexibility index (Phi) is 5.27. The Bertz CT molecular complexity index is 499. The van der Waals surface area contributed by atoms with Gasteiger partial charge in [-0.05, 0) is 25.1 Å². The number of methoxy groups -OCH3 is 3. The molecule has 1 aliphatic heterocycles. The number of hydrogen-bond donors (Lipinski definition) is 2. The topological polar surface area (TPSA) is 68.8 Å². The van der Waals surface area contributed by atoms with E-state index in [0.29, 0.717) is 23.8 Å². The summed E-state index contributed by atoms with van der Waals surface area (Å²) >= 11 is 0. The van der Waals surface area contributed by atoms with E-state index in [1.807, 2.05) is 6.07 Å². The van der Waals surface area contributed by atoms with Gasteiger partial charge in [0.1, 0.15) is 0 Å². The number of carbonyl (C=O) groups excluding carboxylic acids is 1. The number of amides is 1. The third-order valence-corrected chi connectivity index (χ3v) is 3.67. The Morgan fingerprint density at radius 2 is 2.00 bits per heavy atom. The molecule has 1 amide bonds. The Hall–Kier alpha value is -1.95. The molecular weight excluding hydrogens is 272 g/mol. The predicted molar refractivity (Wildman–Crippen MR) is 78.9 cm³/mol. The summed E-state index contributed by atoms with van der Waals surface area (Å²) in [6.45, 7) is 2.05. The van der Waals surface area contributed by atoms with E-state index in [2.05, 4.69) is 10.6 Å². The van der Waals surface area contributed by atoms with Gasteiger partial charge in [-0.3, -0.25) is 4.79 Å². The molecule has 2 rings (SSSR count). The van der Waals surface area contributed by atoms with Gasteiger partial charge >= 0.3 is 0 Å². The maximum atomic E-state index is 12.0. The molecule has 6 nitrogen and oxygen atoms in total. The lowest BCUT2D eigenvalue weighted by Gasteiger charge is -2.16. The van der Waals surface area contributed by atoms with Gasteiger partial charge < -0.3 is 24.8 Å². The minimum absolute atomic E-state index is 0.0520. The van der Waals surface area contributed by atoms with Crippen LogP contribution in [0.4, 0.5) is 0 Å². The van der Waals surface area contributed by atoms with Crippen LogP contribution in [0.5, 0.6) is 17.2 Å². The van der Waals surface area contributed by atoms with E-state index in [9.17, 15) is 4.79 Å². The van der Waals surface area contributed by atoms with E-state index in [4.69, 9.17) is 14.2 Å². The molecule has 1 heterocycles. The minimum Gasteiger partial charge on any atom is -0.493 e. The molecular formula is C15H22N2O4. The molecule has 6 heteroatoms. The monoisotopic (exact) mass is 294 g/mol. The fraction of sp³-hybridized carbons (Fsp3) is 0.533. The number of rotatable bonds is 6. The van der Waals surface area contributed by atoms with Gasteiger partial charge in [-0.2, -0.15) is 0 Å². The third kappa shape index (κ3) is 3.39. The Morgan fingerprint density at radius 3 is 2.57 bits per heavy atom. The lowest BCUT2D eigenvalue weighted by Crippen LogP contribution is -2.31. The molecule has 0 aromatic heterocycles. The second-order valence-electron chi connectivity index (χ2n) is 4.90. The molecule has 0 aliphatic carbocycles.